The Balaban J connectivity index is 2.06. The molecule has 0 amide bonds. The molecule has 0 saturated carbocycles. The van der Waals surface area contributed by atoms with Gasteiger partial charge in [-0.1, -0.05) is 6.92 Å². The van der Waals surface area contributed by atoms with Crippen molar-refractivity contribution in [1.82, 2.24) is 9.97 Å². The van der Waals surface area contributed by atoms with E-state index in [4.69, 9.17) is 5.73 Å². The summed E-state index contributed by atoms with van der Waals surface area (Å²) in [5.41, 5.74) is 8.36. The van der Waals surface area contributed by atoms with E-state index in [2.05, 4.69) is 22.2 Å². The third kappa shape index (κ3) is 2.26. The second-order valence-electron chi connectivity index (χ2n) is 4.05. The summed E-state index contributed by atoms with van der Waals surface area (Å²) in [5.74, 6) is 0.987. The van der Waals surface area contributed by atoms with Gasteiger partial charge in [0.25, 0.3) is 0 Å². The van der Waals surface area contributed by atoms with E-state index in [0.717, 1.165) is 31.6 Å². The number of fused-ring (bicyclic) bond motifs is 1. The molecule has 2 rings (SSSR count). The minimum atomic E-state index is 0.206. The van der Waals surface area contributed by atoms with Gasteiger partial charge in [0.1, 0.15) is 12.1 Å². The van der Waals surface area contributed by atoms with Crippen LogP contribution in [0.25, 0.3) is 0 Å². The number of nitrogens with two attached hydrogens (primary N) is 1. The summed E-state index contributed by atoms with van der Waals surface area (Å²) in [4.78, 5) is 8.56. The molecule has 0 bridgehead atoms. The van der Waals surface area contributed by atoms with Gasteiger partial charge >= 0.3 is 0 Å². The summed E-state index contributed by atoms with van der Waals surface area (Å²) in [6, 6.07) is 0.206. The highest BCUT2D eigenvalue weighted by molar-refractivity contribution is 5.47. The van der Waals surface area contributed by atoms with E-state index in [1.54, 1.807) is 6.33 Å². The first kappa shape index (κ1) is 10.4. The molecule has 3 N–H and O–H groups in total. The van der Waals surface area contributed by atoms with Gasteiger partial charge in [-0.05, 0) is 25.7 Å². The zero-order valence-corrected chi connectivity index (χ0v) is 9.16. The molecule has 1 aromatic rings. The van der Waals surface area contributed by atoms with Gasteiger partial charge in [-0.25, -0.2) is 9.97 Å². The molecule has 4 heteroatoms. The summed E-state index contributed by atoms with van der Waals surface area (Å²) in [5, 5.41) is 3.32. The van der Waals surface area contributed by atoms with Crippen molar-refractivity contribution in [2.75, 3.05) is 11.9 Å². The molecule has 1 aliphatic carbocycles. The van der Waals surface area contributed by atoms with Crippen LogP contribution in [0.2, 0.25) is 0 Å². The molecule has 0 saturated heterocycles. The van der Waals surface area contributed by atoms with Crippen molar-refractivity contribution in [3.05, 3.63) is 17.6 Å². The zero-order valence-electron chi connectivity index (χ0n) is 9.16. The largest absolute Gasteiger partial charge is 0.368 e. The van der Waals surface area contributed by atoms with Crippen molar-refractivity contribution in [3.8, 4) is 0 Å². The third-order valence-corrected chi connectivity index (χ3v) is 2.93. The van der Waals surface area contributed by atoms with Gasteiger partial charge in [0.15, 0.2) is 0 Å². The van der Waals surface area contributed by atoms with Gasteiger partial charge < -0.3 is 11.1 Å². The van der Waals surface area contributed by atoms with Crippen LogP contribution < -0.4 is 11.1 Å². The monoisotopic (exact) mass is 206 g/mol. The molecular formula is C11H18N4. The predicted octanol–water partition coefficient (Wildman–Crippen LogP) is 1.11. The van der Waals surface area contributed by atoms with E-state index in [1.807, 2.05) is 0 Å². The Morgan fingerprint density at radius 2 is 2.33 bits per heavy atom. The van der Waals surface area contributed by atoms with Crippen LogP contribution in [-0.4, -0.2) is 22.6 Å². The molecule has 0 aliphatic heterocycles. The zero-order chi connectivity index (χ0) is 10.7. The normalized spacial score (nSPS) is 16.1. The lowest BCUT2D eigenvalue weighted by molar-refractivity contribution is 0.677. The Morgan fingerprint density at radius 1 is 1.47 bits per heavy atom. The van der Waals surface area contributed by atoms with Gasteiger partial charge in [0, 0.05) is 23.8 Å². The highest BCUT2D eigenvalue weighted by Gasteiger charge is 2.16. The number of nitrogens with one attached hydrogen (secondary N) is 1. The van der Waals surface area contributed by atoms with Gasteiger partial charge in [-0.15, -0.1) is 0 Å². The van der Waals surface area contributed by atoms with Gasteiger partial charge in [0.2, 0.25) is 0 Å². The molecular weight excluding hydrogens is 188 g/mol. The molecule has 0 spiro atoms. The maximum absolute atomic E-state index is 5.86. The Morgan fingerprint density at radius 3 is 3.13 bits per heavy atom. The molecule has 1 unspecified atom stereocenters. The van der Waals surface area contributed by atoms with Gasteiger partial charge in [0.05, 0.1) is 0 Å². The molecule has 15 heavy (non-hydrogen) atoms. The van der Waals surface area contributed by atoms with Crippen LogP contribution in [0, 0.1) is 0 Å². The quantitative estimate of drug-likeness (QED) is 0.774. The SMILES string of the molecule is CCC(N)CNc1ncnc2c1CCC2. The highest BCUT2D eigenvalue weighted by atomic mass is 15.0. The fourth-order valence-corrected chi connectivity index (χ4v) is 1.88. The van der Waals surface area contributed by atoms with E-state index in [-0.39, 0.29) is 6.04 Å². The van der Waals surface area contributed by atoms with Crippen molar-refractivity contribution >= 4 is 5.82 Å². The fraction of sp³-hybridized carbons (Fsp3) is 0.636. The van der Waals surface area contributed by atoms with Crippen LogP contribution in [-0.2, 0) is 12.8 Å². The average molecular weight is 206 g/mol. The summed E-state index contributed by atoms with van der Waals surface area (Å²) in [6.45, 7) is 2.89. The maximum atomic E-state index is 5.86. The Hall–Kier alpha value is -1.16. The van der Waals surface area contributed by atoms with Crippen LogP contribution in [0.1, 0.15) is 31.0 Å². The van der Waals surface area contributed by atoms with Crippen molar-refractivity contribution in [1.29, 1.82) is 0 Å². The molecule has 82 valence electrons. The van der Waals surface area contributed by atoms with Crippen LogP contribution in [0.4, 0.5) is 5.82 Å². The molecule has 4 nitrogen and oxygen atoms in total. The topological polar surface area (TPSA) is 63.8 Å². The lowest BCUT2D eigenvalue weighted by Crippen LogP contribution is -2.28. The average Bonchev–Trinajstić information content (AvgIpc) is 2.74. The summed E-state index contributed by atoms with van der Waals surface area (Å²) < 4.78 is 0. The molecule has 1 atom stereocenters. The van der Waals surface area contributed by atoms with E-state index in [1.165, 1.54) is 17.7 Å². The summed E-state index contributed by atoms with van der Waals surface area (Å²) in [7, 11) is 0. The van der Waals surface area contributed by atoms with Gasteiger partial charge in [-0.3, -0.25) is 0 Å². The standard InChI is InChI=1S/C11H18N4/c1-2-8(12)6-13-11-9-4-3-5-10(9)14-7-15-11/h7-8H,2-6,12H2,1H3,(H,13,14,15). The van der Waals surface area contributed by atoms with Crippen LogP contribution >= 0.6 is 0 Å². The number of aryl methyl sites for hydroxylation is 1. The van der Waals surface area contributed by atoms with Gasteiger partial charge in [-0.2, -0.15) is 0 Å². The van der Waals surface area contributed by atoms with Crippen molar-refractivity contribution in [3.63, 3.8) is 0 Å². The molecule has 1 heterocycles. The number of hydrogen-bond acceptors (Lipinski definition) is 4. The second kappa shape index (κ2) is 4.57. The molecule has 0 fully saturated rings. The molecule has 1 aliphatic rings. The number of nitrogens with zero attached hydrogens (tertiary/aromatic N) is 2. The smallest absolute Gasteiger partial charge is 0.132 e. The third-order valence-electron chi connectivity index (χ3n) is 2.93. The number of anilines is 1. The first-order valence-electron chi connectivity index (χ1n) is 5.63. The van der Waals surface area contributed by atoms with Crippen molar-refractivity contribution in [2.24, 2.45) is 5.73 Å². The van der Waals surface area contributed by atoms with Crippen LogP contribution in [0.5, 0.6) is 0 Å². The molecule has 0 aromatic carbocycles. The van der Waals surface area contributed by atoms with E-state index < -0.39 is 0 Å². The number of aromatic nitrogens is 2. The van der Waals surface area contributed by atoms with Crippen molar-refractivity contribution in [2.45, 2.75) is 38.6 Å². The summed E-state index contributed by atoms with van der Waals surface area (Å²) >= 11 is 0. The molecule has 0 radical (unpaired) electrons. The first-order chi connectivity index (χ1) is 7.31. The lowest BCUT2D eigenvalue weighted by Gasteiger charge is -2.12. The Kier molecular flexibility index (Phi) is 3.16. The minimum absolute atomic E-state index is 0.206. The highest BCUT2D eigenvalue weighted by Crippen LogP contribution is 2.24. The Bertz CT molecular complexity index is 337. The predicted molar refractivity (Wildman–Crippen MR) is 60.8 cm³/mol. The van der Waals surface area contributed by atoms with Crippen molar-refractivity contribution < 1.29 is 0 Å². The first-order valence-corrected chi connectivity index (χ1v) is 5.63. The van der Waals surface area contributed by atoms with E-state index in [0.29, 0.717) is 0 Å². The molecule has 1 aromatic heterocycles. The minimum Gasteiger partial charge on any atom is -0.368 e. The van der Waals surface area contributed by atoms with E-state index >= 15 is 0 Å². The van der Waals surface area contributed by atoms with E-state index in [9.17, 15) is 0 Å². The number of rotatable bonds is 4. The second-order valence-corrected chi connectivity index (χ2v) is 4.05. The Labute approximate surface area is 90.3 Å². The lowest BCUT2D eigenvalue weighted by atomic mass is 10.2. The summed E-state index contributed by atoms with van der Waals surface area (Å²) in [6.07, 6.45) is 6.01. The maximum Gasteiger partial charge on any atom is 0.132 e. The number of hydrogen-bond donors (Lipinski definition) is 2. The van der Waals surface area contributed by atoms with Crippen LogP contribution in [0.3, 0.4) is 0 Å². The fourth-order valence-electron chi connectivity index (χ4n) is 1.88. The van der Waals surface area contributed by atoms with Crippen LogP contribution in [0.15, 0.2) is 6.33 Å².